The van der Waals surface area contributed by atoms with Crippen LogP contribution in [0.4, 0.5) is 4.39 Å². The first-order valence-corrected chi connectivity index (χ1v) is 7.32. The predicted octanol–water partition coefficient (Wildman–Crippen LogP) is 2.81. The lowest BCUT2D eigenvalue weighted by Gasteiger charge is -2.24. The quantitative estimate of drug-likeness (QED) is 0.802. The first-order chi connectivity index (χ1) is 10.1. The van der Waals surface area contributed by atoms with Gasteiger partial charge >= 0.3 is 0 Å². The summed E-state index contributed by atoms with van der Waals surface area (Å²) in [6, 6.07) is 3.95. The summed E-state index contributed by atoms with van der Waals surface area (Å²) in [7, 11) is 0. The average molecular weight is 293 g/mol. The van der Waals surface area contributed by atoms with Crippen LogP contribution in [0.2, 0.25) is 0 Å². The maximum Gasteiger partial charge on any atom is 0.263 e. The Labute approximate surface area is 123 Å². The van der Waals surface area contributed by atoms with E-state index in [1.807, 2.05) is 0 Å². The standard InChI is InChI=1S/C16H20FNO3/c1-12(16(20)18-8-4-2-3-5-9-18)21-15-7-6-13(11-19)10-14(15)17/h6-7,10-12H,2-5,8-9H2,1H3. The van der Waals surface area contributed by atoms with Gasteiger partial charge in [0, 0.05) is 18.7 Å². The fourth-order valence-electron chi connectivity index (χ4n) is 2.48. The highest BCUT2D eigenvalue weighted by Crippen LogP contribution is 2.20. The van der Waals surface area contributed by atoms with Crippen LogP contribution in [-0.4, -0.2) is 36.3 Å². The first kappa shape index (κ1) is 15.5. The fourth-order valence-corrected chi connectivity index (χ4v) is 2.48. The molecule has 21 heavy (non-hydrogen) atoms. The van der Waals surface area contributed by atoms with Crippen LogP contribution in [0.15, 0.2) is 18.2 Å². The van der Waals surface area contributed by atoms with Gasteiger partial charge < -0.3 is 9.64 Å². The number of carbonyl (C=O) groups is 2. The van der Waals surface area contributed by atoms with E-state index >= 15 is 0 Å². The lowest BCUT2D eigenvalue weighted by molar-refractivity contribution is -0.137. The van der Waals surface area contributed by atoms with Crippen LogP contribution in [-0.2, 0) is 4.79 Å². The first-order valence-electron chi connectivity index (χ1n) is 7.32. The van der Waals surface area contributed by atoms with Crippen molar-refractivity contribution in [3.05, 3.63) is 29.6 Å². The van der Waals surface area contributed by atoms with Crippen molar-refractivity contribution in [1.82, 2.24) is 4.90 Å². The molecule has 0 aliphatic carbocycles. The molecule has 1 aliphatic rings. The molecule has 1 heterocycles. The monoisotopic (exact) mass is 293 g/mol. The van der Waals surface area contributed by atoms with Gasteiger partial charge in [-0.2, -0.15) is 0 Å². The Morgan fingerprint density at radius 2 is 1.95 bits per heavy atom. The van der Waals surface area contributed by atoms with Crippen molar-refractivity contribution in [2.75, 3.05) is 13.1 Å². The Morgan fingerprint density at radius 3 is 2.52 bits per heavy atom. The van der Waals surface area contributed by atoms with Gasteiger partial charge in [0.1, 0.15) is 6.29 Å². The molecule has 1 aliphatic heterocycles. The third kappa shape index (κ3) is 4.03. The topological polar surface area (TPSA) is 46.6 Å². The molecule has 2 rings (SSSR count). The lowest BCUT2D eigenvalue weighted by atomic mass is 10.2. The number of benzene rings is 1. The predicted molar refractivity (Wildman–Crippen MR) is 76.9 cm³/mol. The summed E-state index contributed by atoms with van der Waals surface area (Å²) in [5.74, 6) is -0.748. The van der Waals surface area contributed by atoms with Gasteiger partial charge in [-0.15, -0.1) is 0 Å². The lowest BCUT2D eigenvalue weighted by Crippen LogP contribution is -2.41. The molecule has 1 amide bonds. The molecule has 1 saturated heterocycles. The Morgan fingerprint density at radius 1 is 1.29 bits per heavy atom. The minimum atomic E-state index is -0.736. The molecular formula is C16H20FNO3. The Hall–Kier alpha value is -1.91. The number of hydrogen-bond donors (Lipinski definition) is 0. The molecule has 114 valence electrons. The second-order valence-corrected chi connectivity index (χ2v) is 5.31. The van der Waals surface area contributed by atoms with Gasteiger partial charge in [-0.25, -0.2) is 4.39 Å². The molecule has 0 N–H and O–H groups in total. The van der Waals surface area contributed by atoms with Crippen molar-refractivity contribution in [3.63, 3.8) is 0 Å². The smallest absolute Gasteiger partial charge is 0.263 e. The summed E-state index contributed by atoms with van der Waals surface area (Å²) in [6.45, 7) is 3.10. The van der Waals surface area contributed by atoms with Crippen molar-refractivity contribution >= 4 is 12.2 Å². The zero-order valence-electron chi connectivity index (χ0n) is 12.2. The molecule has 0 saturated carbocycles. The normalized spacial score (nSPS) is 17.0. The third-order valence-corrected chi connectivity index (χ3v) is 3.66. The van der Waals surface area contributed by atoms with Gasteiger partial charge in [0.25, 0.3) is 5.91 Å². The van der Waals surface area contributed by atoms with Crippen LogP contribution in [0.25, 0.3) is 0 Å². The highest BCUT2D eigenvalue weighted by molar-refractivity contribution is 5.81. The van der Waals surface area contributed by atoms with Crippen molar-refractivity contribution in [2.24, 2.45) is 0 Å². The van der Waals surface area contributed by atoms with E-state index in [2.05, 4.69) is 0 Å². The number of halogens is 1. The summed E-state index contributed by atoms with van der Waals surface area (Å²) in [6.07, 6.45) is 4.11. The van der Waals surface area contributed by atoms with Gasteiger partial charge in [0.05, 0.1) is 0 Å². The zero-order valence-corrected chi connectivity index (χ0v) is 12.2. The maximum atomic E-state index is 13.8. The summed E-state index contributed by atoms with van der Waals surface area (Å²) in [5, 5.41) is 0. The number of nitrogens with zero attached hydrogens (tertiary/aromatic N) is 1. The van der Waals surface area contributed by atoms with Crippen LogP contribution >= 0.6 is 0 Å². The molecule has 1 aromatic rings. The largest absolute Gasteiger partial charge is 0.478 e. The summed E-state index contributed by atoms with van der Waals surface area (Å²) in [5.41, 5.74) is 0.242. The molecule has 0 bridgehead atoms. The average Bonchev–Trinajstić information content (AvgIpc) is 2.77. The van der Waals surface area contributed by atoms with E-state index < -0.39 is 11.9 Å². The van der Waals surface area contributed by atoms with E-state index in [0.717, 1.165) is 44.8 Å². The molecule has 1 aromatic carbocycles. The van der Waals surface area contributed by atoms with E-state index in [1.54, 1.807) is 11.8 Å². The van der Waals surface area contributed by atoms with Crippen molar-refractivity contribution in [3.8, 4) is 5.75 Å². The highest BCUT2D eigenvalue weighted by Gasteiger charge is 2.23. The van der Waals surface area contributed by atoms with Crippen molar-refractivity contribution in [2.45, 2.75) is 38.7 Å². The van der Waals surface area contributed by atoms with Crippen LogP contribution in [0, 0.1) is 5.82 Å². The second kappa shape index (κ2) is 7.20. The highest BCUT2D eigenvalue weighted by atomic mass is 19.1. The number of likely N-dealkylation sites (tertiary alicyclic amines) is 1. The molecule has 1 atom stereocenters. The van der Waals surface area contributed by atoms with Gasteiger partial charge in [-0.05, 0) is 38.0 Å². The molecule has 0 spiro atoms. The molecule has 1 fully saturated rings. The second-order valence-electron chi connectivity index (χ2n) is 5.31. The molecule has 1 unspecified atom stereocenters. The fraction of sp³-hybridized carbons (Fsp3) is 0.500. The Kier molecular flexibility index (Phi) is 5.31. The molecule has 0 radical (unpaired) electrons. The number of amides is 1. The Balaban J connectivity index is 2.01. The number of hydrogen-bond acceptors (Lipinski definition) is 3. The molecule has 0 aromatic heterocycles. The van der Waals surface area contributed by atoms with Crippen LogP contribution in [0.3, 0.4) is 0 Å². The van der Waals surface area contributed by atoms with Gasteiger partial charge in [0.15, 0.2) is 17.7 Å². The maximum absolute atomic E-state index is 13.8. The number of aldehydes is 1. The summed E-state index contributed by atoms with van der Waals surface area (Å²) in [4.78, 5) is 24.7. The van der Waals surface area contributed by atoms with Gasteiger partial charge in [-0.1, -0.05) is 12.8 Å². The van der Waals surface area contributed by atoms with Crippen LogP contribution < -0.4 is 4.74 Å². The van der Waals surface area contributed by atoms with E-state index in [1.165, 1.54) is 12.1 Å². The molecule has 5 heteroatoms. The summed E-state index contributed by atoms with van der Waals surface area (Å²) < 4.78 is 19.2. The third-order valence-electron chi connectivity index (χ3n) is 3.66. The van der Waals surface area contributed by atoms with Crippen molar-refractivity contribution in [1.29, 1.82) is 0 Å². The van der Waals surface area contributed by atoms with E-state index in [9.17, 15) is 14.0 Å². The number of rotatable bonds is 4. The molecule has 4 nitrogen and oxygen atoms in total. The Bertz CT molecular complexity index is 510. The van der Waals surface area contributed by atoms with E-state index in [-0.39, 0.29) is 17.2 Å². The number of carbonyl (C=O) groups excluding carboxylic acids is 2. The molecular weight excluding hydrogens is 273 g/mol. The SMILES string of the molecule is CC(Oc1ccc(C=O)cc1F)C(=O)N1CCCCCC1. The summed E-state index contributed by atoms with van der Waals surface area (Å²) >= 11 is 0. The van der Waals surface area contributed by atoms with E-state index in [4.69, 9.17) is 4.74 Å². The van der Waals surface area contributed by atoms with Crippen molar-refractivity contribution < 1.29 is 18.7 Å². The van der Waals surface area contributed by atoms with E-state index in [0.29, 0.717) is 6.29 Å². The number of ether oxygens (including phenoxy) is 1. The minimum absolute atomic E-state index is 0.00345. The van der Waals surface area contributed by atoms with Crippen LogP contribution in [0.5, 0.6) is 5.75 Å². The van der Waals surface area contributed by atoms with Gasteiger partial charge in [0.2, 0.25) is 0 Å². The van der Waals surface area contributed by atoms with Crippen LogP contribution in [0.1, 0.15) is 43.0 Å². The minimum Gasteiger partial charge on any atom is -0.478 e. The zero-order chi connectivity index (χ0) is 15.2. The van der Waals surface area contributed by atoms with Gasteiger partial charge in [-0.3, -0.25) is 9.59 Å².